The summed E-state index contributed by atoms with van der Waals surface area (Å²) in [7, 11) is 0. The smallest absolute Gasteiger partial charge is 0.0829 e. The molecular weight excluding hydrogens is 226 g/mol. The Kier molecular flexibility index (Phi) is 5.89. The van der Waals surface area contributed by atoms with Crippen LogP contribution in [-0.2, 0) is 4.74 Å². The van der Waals surface area contributed by atoms with Crippen molar-refractivity contribution in [1.29, 1.82) is 0 Å². The van der Waals surface area contributed by atoms with E-state index in [1.807, 2.05) is 0 Å². The SMILES string of the molecule is CCN1CCOC(CN2CCCNCC(C)C2)C1. The summed E-state index contributed by atoms with van der Waals surface area (Å²) in [6.07, 6.45) is 1.68. The summed E-state index contributed by atoms with van der Waals surface area (Å²) in [6, 6.07) is 0. The molecule has 0 amide bonds. The van der Waals surface area contributed by atoms with Crippen LogP contribution in [0.5, 0.6) is 0 Å². The van der Waals surface area contributed by atoms with E-state index in [0.717, 1.165) is 51.8 Å². The van der Waals surface area contributed by atoms with Gasteiger partial charge in [0.15, 0.2) is 0 Å². The summed E-state index contributed by atoms with van der Waals surface area (Å²) in [5, 5.41) is 3.51. The predicted molar refractivity (Wildman–Crippen MR) is 74.9 cm³/mol. The second kappa shape index (κ2) is 7.43. The van der Waals surface area contributed by atoms with E-state index in [4.69, 9.17) is 4.74 Å². The van der Waals surface area contributed by atoms with E-state index in [0.29, 0.717) is 6.10 Å². The van der Waals surface area contributed by atoms with Gasteiger partial charge in [-0.2, -0.15) is 0 Å². The predicted octanol–water partition coefficient (Wildman–Crippen LogP) is 0.639. The van der Waals surface area contributed by atoms with Gasteiger partial charge in [0, 0.05) is 26.2 Å². The molecule has 0 bridgehead atoms. The first-order valence-corrected chi connectivity index (χ1v) is 7.55. The largest absolute Gasteiger partial charge is 0.374 e. The summed E-state index contributed by atoms with van der Waals surface area (Å²) in [6.45, 7) is 14.7. The maximum atomic E-state index is 5.92. The van der Waals surface area contributed by atoms with E-state index in [1.54, 1.807) is 0 Å². The van der Waals surface area contributed by atoms with Gasteiger partial charge in [-0.05, 0) is 38.5 Å². The van der Waals surface area contributed by atoms with Gasteiger partial charge in [0.05, 0.1) is 12.7 Å². The molecule has 4 nitrogen and oxygen atoms in total. The number of ether oxygens (including phenoxy) is 1. The highest BCUT2D eigenvalue weighted by Gasteiger charge is 2.23. The minimum absolute atomic E-state index is 0.415. The average molecular weight is 255 g/mol. The van der Waals surface area contributed by atoms with Crippen molar-refractivity contribution in [3.63, 3.8) is 0 Å². The third kappa shape index (κ3) is 4.50. The van der Waals surface area contributed by atoms with Crippen molar-refractivity contribution in [3.05, 3.63) is 0 Å². The fourth-order valence-corrected chi connectivity index (χ4v) is 3.00. The lowest BCUT2D eigenvalue weighted by Gasteiger charge is -2.36. The molecule has 2 atom stereocenters. The number of hydrogen-bond acceptors (Lipinski definition) is 4. The Morgan fingerprint density at radius 1 is 1.22 bits per heavy atom. The van der Waals surface area contributed by atoms with Crippen LogP contribution in [0.3, 0.4) is 0 Å². The van der Waals surface area contributed by atoms with Gasteiger partial charge in [0.25, 0.3) is 0 Å². The molecule has 2 aliphatic heterocycles. The second-order valence-electron chi connectivity index (χ2n) is 5.81. The summed E-state index contributed by atoms with van der Waals surface area (Å²) >= 11 is 0. The third-order valence-corrected chi connectivity index (χ3v) is 4.02. The minimum Gasteiger partial charge on any atom is -0.374 e. The van der Waals surface area contributed by atoms with Crippen LogP contribution in [0.2, 0.25) is 0 Å². The van der Waals surface area contributed by atoms with Gasteiger partial charge in [-0.1, -0.05) is 13.8 Å². The Hall–Kier alpha value is -0.160. The number of rotatable bonds is 3. The average Bonchev–Trinajstić information content (AvgIpc) is 2.36. The molecule has 2 unspecified atom stereocenters. The number of likely N-dealkylation sites (N-methyl/N-ethyl adjacent to an activating group) is 1. The molecule has 0 saturated carbocycles. The summed E-state index contributed by atoms with van der Waals surface area (Å²) < 4.78 is 5.92. The van der Waals surface area contributed by atoms with E-state index < -0.39 is 0 Å². The lowest BCUT2D eigenvalue weighted by Crippen LogP contribution is -2.49. The van der Waals surface area contributed by atoms with Gasteiger partial charge < -0.3 is 15.0 Å². The molecule has 0 aromatic carbocycles. The Morgan fingerprint density at radius 2 is 2.11 bits per heavy atom. The highest BCUT2D eigenvalue weighted by atomic mass is 16.5. The number of hydrogen-bond donors (Lipinski definition) is 1. The van der Waals surface area contributed by atoms with Crippen LogP contribution in [-0.4, -0.2) is 74.9 Å². The zero-order valence-corrected chi connectivity index (χ0v) is 12.0. The molecule has 2 saturated heterocycles. The first-order valence-electron chi connectivity index (χ1n) is 7.55. The van der Waals surface area contributed by atoms with Crippen LogP contribution in [0, 0.1) is 5.92 Å². The van der Waals surface area contributed by atoms with Crippen molar-refractivity contribution in [2.45, 2.75) is 26.4 Å². The topological polar surface area (TPSA) is 27.7 Å². The van der Waals surface area contributed by atoms with Gasteiger partial charge in [-0.3, -0.25) is 4.90 Å². The molecule has 0 aromatic rings. The van der Waals surface area contributed by atoms with Gasteiger partial charge >= 0.3 is 0 Å². The molecule has 0 aliphatic carbocycles. The van der Waals surface area contributed by atoms with Crippen LogP contribution >= 0.6 is 0 Å². The molecule has 0 aromatic heterocycles. The molecular formula is C14H29N3O. The number of nitrogens with zero attached hydrogens (tertiary/aromatic N) is 2. The van der Waals surface area contributed by atoms with E-state index in [2.05, 4.69) is 29.0 Å². The van der Waals surface area contributed by atoms with Crippen LogP contribution in [0.15, 0.2) is 0 Å². The van der Waals surface area contributed by atoms with Crippen LogP contribution < -0.4 is 5.32 Å². The van der Waals surface area contributed by atoms with E-state index in [9.17, 15) is 0 Å². The Bertz CT molecular complexity index is 237. The van der Waals surface area contributed by atoms with Gasteiger partial charge in [0.1, 0.15) is 0 Å². The quantitative estimate of drug-likeness (QED) is 0.801. The molecule has 106 valence electrons. The van der Waals surface area contributed by atoms with Crippen LogP contribution in [0.25, 0.3) is 0 Å². The highest BCUT2D eigenvalue weighted by molar-refractivity contribution is 4.77. The van der Waals surface area contributed by atoms with Crippen molar-refractivity contribution < 1.29 is 4.74 Å². The van der Waals surface area contributed by atoms with Gasteiger partial charge in [0.2, 0.25) is 0 Å². The minimum atomic E-state index is 0.415. The maximum Gasteiger partial charge on any atom is 0.0829 e. The summed E-state index contributed by atoms with van der Waals surface area (Å²) in [4.78, 5) is 5.11. The third-order valence-electron chi connectivity index (χ3n) is 4.02. The number of nitrogens with one attached hydrogen (secondary N) is 1. The molecule has 2 fully saturated rings. The number of morpholine rings is 1. The standard InChI is InChI=1S/C14H29N3O/c1-3-16-7-8-18-14(11-16)12-17-6-4-5-15-9-13(2)10-17/h13-15H,3-12H2,1-2H3. The summed E-state index contributed by atoms with van der Waals surface area (Å²) in [5.74, 6) is 0.746. The maximum absolute atomic E-state index is 5.92. The first-order chi connectivity index (χ1) is 8.78. The highest BCUT2D eigenvalue weighted by Crippen LogP contribution is 2.10. The zero-order chi connectivity index (χ0) is 12.8. The zero-order valence-electron chi connectivity index (χ0n) is 12.0. The molecule has 1 N–H and O–H groups in total. The normalized spacial score (nSPS) is 33.0. The molecule has 2 heterocycles. The van der Waals surface area contributed by atoms with E-state index >= 15 is 0 Å². The van der Waals surface area contributed by atoms with Crippen molar-refractivity contribution in [2.75, 3.05) is 59.0 Å². The summed E-state index contributed by atoms with van der Waals surface area (Å²) in [5.41, 5.74) is 0. The molecule has 0 spiro atoms. The van der Waals surface area contributed by atoms with Crippen molar-refractivity contribution in [3.8, 4) is 0 Å². The fraction of sp³-hybridized carbons (Fsp3) is 1.00. The van der Waals surface area contributed by atoms with E-state index in [1.165, 1.54) is 19.5 Å². The molecule has 0 radical (unpaired) electrons. The molecule has 4 heteroatoms. The van der Waals surface area contributed by atoms with Crippen molar-refractivity contribution in [1.82, 2.24) is 15.1 Å². The fourth-order valence-electron chi connectivity index (χ4n) is 3.00. The lowest BCUT2D eigenvalue weighted by atomic mass is 10.1. The van der Waals surface area contributed by atoms with E-state index in [-0.39, 0.29) is 0 Å². The molecule has 18 heavy (non-hydrogen) atoms. The van der Waals surface area contributed by atoms with Crippen LogP contribution in [0.4, 0.5) is 0 Å². The Labute approximate surface area is 112 Å². The Morgan fingerprint density at radius 3 is 2.94 bits per heavy atom. The van der Waals surface area contributed by atoms with Gasteiger partial charge in [-0.25, -0.2) is 0 Å². The molecule has 2 rings (SSSR count). The van der Waals surface area contributed by atoms with Crippen LogP contribution in [0.1, 0.15) is 20.3 Å². The lowest BCUT2D eigenvalue weighted by molar-refractivity contribution is -0.0437. The van der Waals surface area contributed by atoms with Gasteiger partial charge in [-0.15, -0.1) is 0 Å². The molecule has 2 aliphatic rings. The van der Waals surface area contributed by atoms with Crippen molar-refractivity contribution >= 4 is 0 Å². The monoisotopic (exact) mass is 255 g/mol. The Balaban J connectivity index is 1.79. The second-order valence-corrected chi connectivity index (χ2v) is 5.81. The van der Waals surface area contributed by atoms with Crippen molar-refractivity contribution in [2.24, 2.45) is 5.92 Å². The first kappa shape index (κ1) is 14.3.